The molecule has 2 aliphatic heterocycles. The molecular weight excluding hydrogens is 528 g/mol. The van der Waals surface area contributed by atoms with Crippen LogP contribution in [-0.2, 0) is 19.9 Å². The quantitative estimate of drug-likeness (QED) is 0.179. The topological polar surface area (TPSA) is 174 Å². The number of piperazine rings is 2. The molecule has 12 heteroatoms. The third-order valence-electron chi connectivity index (χ3n) is 7.84. The van der Waals surface area contributed by atoms with Gasteiger partial charge >= 0.3 is 5.97 Å². The number of nitrogens with zero attached hydrogens (tertiary/aromatic N) is 2. The molecule has 0 spiro atoms. The summed E-state index contributed by atoms with van der Waals surface area (Å²) >= 11 is 0. The summed E-state index contributed by atoms with van der Waals surface area (Å²) in [6.45, 7) is 2.99. The lowest BCUT2D eigenvalue weighted by molar-refractivity contribution is -0.173. The maximum absolute atomic E-state index is 13.8. The molecule has 0 bridgehead atoms. The maximum atomic E-state index is 13.8. The zero-order valence-electron chi connectivity index (χ0n) is 22.8. The van der Waals surface area contributed by atoms with Crippen LogP contribution in [0.1, 0.15) is 24.5 Å². The first-order valence-electron chi connectivity index (χ1n) is 13.6. The van der Waals surface area contributed by atoms with E-state index in [1.165, 1.54) is 11.2 Å². The second-order valence-corrected chi connectivity index (χ2v) is 10.2. The van der Waals surface area contributed by atoms with Crippen LogP contribution in [0.3, 0.4) is 0 Å². The van der Waals surface area contributed by atoms with Gasteiger partial charge in [0.15, 0.2) is 6.04 Å². The van der Waals surface area contributed by atoms with Crippen LogP contribution in [0.5, 0.6) is 5.75 Å². The number of nitrogens with two attached hydrogens (primary N) is 1. The maximum Gasteiger partial charge on any atom is 0.329 e. The Morgan fingerprint density at radius 3 is 2.41 bits per heavy atom. The predicted molar refractivity (Wildman–Crippen MR) is 151 cm³/mol. The number of hydrogen-bond acceptors (Lipinski definition) is 8. The largest absolute Gasteiger partial charge is 0.488 e. The number of amides is 2. The van der Waals surface area contributed by atoms with Gasteiger partial charge in [0.25, 0.3) is 0 Å². The third kappa shape index (κ3) is 5.00. The average molecular weight is 563 g/mol. The van der Waals surface area contributed by atoms with Gasteiger partial charge in [-0.25, -0.2) is 4.79 Å². The van der Waals surface area contributed by atoms with Gasteiger partial charge in [-0.05, 0) is 36.8 Å². The first-order valence-corrected chi connectivity index (χ1v) is 13.6. The van der Waals surface area contributed by atoms with Gasteiger partial charge in [0.1, 0.15) is 28.8 Å². The number of nitrogens with one attached hydrogen (secondary N) is 3. The van der Waals surface area contributed by atoms with Crippen LogP contribution < -0.4 is 21.1 Å². The number of nitrogen functional groups attached to an aromatic ring is 1. The molecule has 3 unspecified atom stereocenters. The number of ether oxygens (including phenoxy) is 1. The van der Waals surface area contributed by atoms with Crippen molar-refractivity contribution in [1.82, 2.24) is 20.4 Å². The zero-order chi connectivity index (χ0) is 29.1. The Hall–Kier alpha value is -4.42. The van der Waals surface area contributed by atoms with Crippen LogP contribution >= 0.6 is 0 Å². The number of para-hydroxylation sites is 1. The monoisotopic (exact) mass is 562 g/mol. The van der Waals surface area contributed by atoms with Gasteiger partial charge in [-0.1, -0.05) is 25.1 Å². The van der Waals surface area contributed by atoms with E-state index in [9.17, 15) is 19.5 Å². The summed E-state index contributed by atoms with van der Waals surface area (Å²) in [6, 6.07) is 12.3. The Balaban J connectivity index is 1.80. The third-order valence-corrected chi connectivity index (χ3v) is 7.84. The fourth-order valence-electron chi connectivity index (χ4n) is 6.06. The molecule has 0 aliphatic carbocycles. The fraction of sp³-hybridized carbons (Fsp3) is 0.379. The van der Waals surface area contributed by atoms with Crippen LogP contribution in [0.25, 0.3) is 11.0 Å². The Morgan fingerprint density at radius 2 is 1.78 bits per heavy atom. The van der Waals surface area contributed by atoms with Gasteiger partial charge < -0.3 is 40.4 Å². The van der Waals surface area contributed by atoms with E-state index in [0.717, 1.165) is 0 Å². The van der Waals surface area contributed by atoms with Gasteiger partial charge in [-0.3, -0.25) is 15.0 Å². The number of carbonyl (C=O) groups excluding carboxylic acids is 2. The van der Waals surface area contributed by atoms with Gasteiger partial charge in [-0.15, -0.1) is 0 Å². The first-order chi connectivity index (χ1) is 19.8. The number of carboxylic acid groups (broad SMARTS) is 1. The molecule has 0 saturated carbocycles. The molecule has 3 heterocycles. The highest BCUT2D eigenvalue weighted by Gasteiger charge is 2.61. The smallest absolute Gasteiger partial charge is 0.329 e. The Kier molecular flexibility index (Phi) is 7.95. The van der Waals surface area contributed by atoms with Crippen molar-refractivity contribution in [3.05, 3.63) is 65.9 Å². The van der Waals surface area contributed by atoms with Gasteiger partial charge in [0, 0.05) is 42.7 Å². The van der Waals surface area contributed by atoms with Gasteiger partial charge in [0.05, 0.1) is 19.4 Å². The average Bonchev–Trinajstić information content (AvgIpc) is 3.40. The van der Waals surface area contributed by atoms with Crippen molar-refractivity contribution >= 4 is 34.6 Å². The summed E-state index contributed by atoms with van der Waals surface area (Å²) in [7, 11) is 0. The number of carbonyl (C=O) groups is 3. The lowest BCUT2D eigenvalue weighted by Gasteiger charge is -2.54. The molecule has 0 radical (unpaired) electrons. The molecule has 2 fully saturated rings. The lowest BCUT2D eigenvalue weighted by Crippen LogP contribution is -2.74. The minimum Gasteiger partial charge on any atom is -0.488 e. The van der Waals surface area contributed by atoms with Crippen molar-refractivity contribution in [3.8, 4) is 5.75 Å². The lowest BCUT2D eigenvalue weighted by atomic mass is 9.73. The van der Waals surface area contributed by atoms with Crippen molar-refractivity contribution in [3.63, 3.8) is 0 Å². The normalized spacial score (nSPS) is 19.0. The van der Waals surface area contributed by atoms with Crippen molar-refractivity contribution < 1.29 is 28.6 Å². The summed E-state index contributed by atoms with van der Waals surface area (Å²) in [5.74, 6) is -1.66. The highest BCUT2D eigenvalue weighted by Crippen LogP contribution is 2.46. The summed E-state index contributed by atoms with van der Waals surface area (Å²) in [5.41, 5.74) is 5.43. The predicted octanol–water partition coefficient (Wildman–Crippen LogP) is 1.09. The molecule has 2 amide bonds. The van der Waals surface area contributed by atoms with Crippen molar-refractivity contribution in [2.24, 2.45) is 5.73 Å². The SMILES string of the molecule is CCC(Oc1ccc(C(=N)N)cc1)C(c1coc2ccccc12)(C(C(=O)O)N1CCNCC1=O)N1CCNCC1=O. The molecule has 1 aromatic heterocycles. The summed E-state index contributed by atoms with van der Waals surface area (Å²) in [5, 5.41) is 25.4. The Bertz CT molecular complexity index is 1460. The summed E-state index contributed by atoms with van der Waals surface area (Å²) in [6.07, 6.45) is 0.848. The van der Waals surface area contributed by atoms with E-state index < -0.39 is 23.7 Å². The zero-order valence-corrected chi connectivity index (χ0v) is 22.8. The highest BCUT2D eigenvalue weighted by molar-refractivity contribution is 5.95. The van der Waals surface area contributed by atoms with E-state index in [1.54, 1.807) is 35.2 Å². The molecule has 216 valence electrons. The van der Waals surface area contributed by atoms with Crippen LogP contribution in [0.15, 0.2) is 59.2 Å². The molecule has 2 aliphatic rings. The van der Waals surface area contributed by atoms with Crippen molar-refractivity contribution in [2.75, 3.05) is 39.3 Å². The minimum atomic E-state index is -1.68. The molecule has 12 nitrogen and oxygen atoms in total. The van der Waals surface area contributed by atoms with E-state index in [0.29, 0.717) is 40.9 Å². The van der Waals surface area contributed by atoms with Gasteiger partial charge in [-0.2, -0.15) is 0 Å². The molecule has 2 aromatic carbocycles. The standard InChI is InChI=1S/C29H34N6O6/c1-2-23(41-19-9-7-18(8-10-19)27(30)31)29(35-14-12-33-16-25(35)37,21-17-40-22-6-4-3-5-20(21)22)26(28(38)39)34-13-11-32-15-24(34)36/h3-10,17,23,26,32-33H,2,11-16H2,1H3,(H3,30,31)(H,38,39). The molecule has 5 rings (SSSR count). The van der Waals surface area contributed by atoms with E-state index in [4.69, 9.17) is 20.3 Å². The molecule has 3 atom stereocenters. The first kappa shape index (κ1) is 28.1. The molecule has 3 aromatic rings. The Morgan fingerprint density at radius 1 is 1.10 bits per heavy atom. The number of carboxylic acids is 1. The second-order valence-electron chi connectivity index (χ2n) is 10.2. The molecule has 41 heavy (non-hydrogen) atoms. The summed E-state index contributed by atoms with van der Waals surface area (Å²) < 4.78 is 12.6. The van der Waals surface area contributed by atoms with E-state index >= 15 is 0 Å². The van der Waals surface area contributed by atoms with Crippen molar-refractivity contribution in [2.45, 2.75) is 31.0 Å². The Labute approximate surface area is 236 Å². The van der Waals surface area contributed by atoms with E-state index in [-0.39, 0.29) is 50.2 Å². The van der Waals surface area contributed by atoms with Crippen LogP contribution in [0.4, 0.5) is 0 Å². The van der Waals surface area contributed by atoms with Gasteiger partial charge in [0.2, 0.25) is 11.8 Å². The number of hydrogen-bond donors (Lipinski definition) is 5. The van der Waals surface area contributed by atoms with Crippen molar-refractivity contribution in [1.29, 1.82) is 5.41 Å². The van der Waals surface area contributed by atoms with Crippen LogP contribution in [0, 0.1) is 5.41 Å². The fourth-order valence-corrected chi connectivity index (χ4v) is 6.06. The number of aliphatic carboxylic acids is 1. The number of furan rings is 1. The molecule has 2 saturated heterocycles. The molecular formula is C29H34N6O6. The summed E-state index contributed by atoms with van der Waals surface area (Å²) in [4.78, 5) is 43.5. The minimum absolute atomic E-state index is 0.00309. The number of rotatable bonds is 10. The van der Waals surface area contributed by atoms with Crippen LogP contribution in [0.2, 0.25) is 0 Å². The number of amidine groups is 1. The second kappa shape index (κ2) is 11.6. The van der Waals surface area contributed by atoms with Crippen LogP contribution in [-0.4, -0.2) is 89.9 Å². The highest BCUT2D eigenvalue weighted by atomic mass is 16.5. The van der Waals surface area contributed by atoms with E-state index in [1.807, 2.05) is 25.1 Å². The van der Waals surface area contributed by atoms with E-state index in [2.05, 4.69) is 10.6 Å². The molecule has 6 N–H and O–H groups in total. The number of benzene rings is 2. The number of fused-ring (bicyclic) bond motifs is 1.